The number of benzene rings is 2. The summed E-state index contributed by atoms with van der Waals surface area (Å²) in [5.41, 5.74) is 1.35. The van der Waals surface area contributed by atoms with E-state index in [4.69, 9.17) is 9.47 Å². The van der Waals surface area contributed by atoms with Crippen molar-refractivity contribution in [3.63, 3.8) is 0 Å². The van der Waals surface area contributed by atoms with Crippen molar-refractivity contribution < 1.29 is 18.7 Å². The fourth-order valence-electron chi connectivity index (χ4n) is 2.39. The number of nitrogens with one attached hydrogen (secondary N) is 1. The van der Waals surface area contributed by atoms with Crippen LogP contribution in [0.3, 0.4) is 0 Å². The minimum Gasteiger partial charge on any atom is -0.493 e. The van der Waals surface area contributed by atoms with Crippen LogP contribution in [-0.4, -0.2) is 13.0 Å². The summed E-state index contributed by atoms with van der Waals surface area (Å²) >= 11 is 1.39. The third-order valence-electron chi connectivity index (χ3n) is 3.77. The highest BCUT2D eigenvalue weighted by Crippen LogP contribution is 2.29. The van der Waals surface area contributed by atoms with Crippen LogP contribution in [0.2, 0.25) is 0 Å². The number of rotatable bonds is 7. The summed E-state index contributed by atoms with van der Waals surface area (Å²) < 4.78 is 24.7. The molecule has 26 heavy (non-hydrogen) atoms. The predicted molar refractivity (Wildman–Crippen MR) is 99.2 cm³/mol. The highest BCUT2D eigenvalue weighted by atomic mass is 32.1. The van der Waals surface area contributed by atoms with Crippen molar-refractivity contribution in [3.8, 4) is 11.5 Å². The lowest BCUT2D eigenvalue weighted by molar-refractivity contribution is 0.0955. The van der Waals surface area contributed by atoms with E-state index in [0.717, 1.165) is 5.56 Å². The second-order valence-corrected chi connectivity index (χ2v) is 6.47. The first-order chi connectivity index (χ1) is 12.7. The Kier molecular flexibility index (Phi) is 5.86. The van der Waals surface area contributed by atoms with Crippen molar-refractivity contribution in [1.82, 2.24) is 5.32 Å². The molecule has 4 nitrogen and oxygen atoms in total. The van der Waals surface area contributed by atoms with Gasteiger partial charge in [-0.15, -0.1) is 11.3 Å². The summed E-state index contributed by atoms with van der Waals surface area (Å²) in [5.74, 6) is 0.631. The number of thiophene rings is 1. The third kappa shape index (κ3) is 4.40. The summed E-state index contributed by atoms with van der Waals surface area (Å²) in [6.07, 6.45) is 0. The molecule has 3 rings (SSSR count). The molecule has 1 N–H and O–H groups in total. The average Bonchev–Trinajstić information content (AvgIpc) is 3.20. The van der Waals surface area contributed by atoms with E-state index in [2.05, 4.69) is 5.32 Å². The highest BCUT2D eigenvalue weighted by Gasteiger charge is 2.10. The molecule has 0 fully saturated rings. The van der Waals surface area contributed by atoms with Crippen LogP contribution in [0.4, 0.5) is 4.39 Å². The largest absolute Gasteiger partial charge is 0.493 e. The Morgan fingerprint density at radius 3 is 2.69 bits per heavy atom. The zero-order valence-electron chi connectivity index (χ0n) is 14.2. The molecule has 0 aliphatic heterocycles. The van der Waals surface area contributed by atoms with Crippen LogP contribution in [0.1, 0.15) is 20.8 Å². The van der Waals surface area contributed by atoms with E-state index >= 15 is 0 Å². The van der Waals surface area contributed by atoms with Gasteiger partial charge in [-0.05, 0) is 35.2 Å². The van der Waals surface area contributed by atoms with Crippen LogP contribution in [0, 0.1) is 5.82 Å². The molecule has 1 amide bonds. The average molecular weight is 371 g/mol. The SMILES string of the molecule is COc1cc(CNC(=O)c2cccs2)ccc1OCc1ccccc1F. The predicted octanol–water partition coefficient (Wildman–Crippen LogP) is 4.40. The van der Waals surface area contributed by atoms with Gasteiger partial charge in [-0.2, -0.15) is 0 Å². The molecular weight excluding hydrogens is 353 g/mol. The molecule has 0 saturated heterocycles. The normalized spacial score (nSPS) is 10.4. The fraction of sp³-hybridized carbons (Fsp3) is 0.150. The molecule has 0 atom stereocenters. The molecule has 2 aromatic carbocycles. The zero-order valence-corrected chi connectivity index (χ0v) is 15.0. The Balaban J connectivity index is 1.64. The lowest BCUT2D eigenvalue weighted by Crippen LogP contribution is -2.21. The van der Waals surface area contributed by atoms with Crippen molar-refractivity contribution in [2.45, 2.75) is 13.2 Å². The molecule has 0 aliphatic carbocycles. The first kappa shape index (κ1) is 17.9. The molecule has 0 aliphatic rings. The van der Waals surface area contributed by atoms with Gasteiger partial charge in [-0.1, -0.05) is 30.3 Å². The lowest BCUT2D eigenvalue weighted by Gasteiger charge is -2.13. The van der Waals surface area contributed by atoms with Crippen molar-refractivity contribution in [1.29, 1.82) is 0 Å². The van der Waals surface area contributed by atoms with Gasteiger partial charge >= 0.3 is 0 Å². The Bertz CT molecular complexity index is 881. The molecule has 1 heterocycles. The number of hydrogen-bond acceptors (Lipinski definition) is 4. The maximum absolute atomic E-state index is 13.7. The maximum atomic E-state index is 13.7. The molecule has 1 aromatic heterocycles. The third-order valence-corrected chi connectivity index (χ3v) is 4.64. The van der Waals surface area contributed by atoms with Crippen molar-refractivity contribution in [3.05, 3.63) is 81.8 Å². The molecular formula is C20H18FNO3S. The van der Waals surface area contributed by atoms with Crippen LogP contribution < -0.4 is 14.8 Å². The summed E-state index contributed by atoms with van der Waals surface area (Å²) in [4.78, 5) is 12.7. The minimum absolute atomic E-state index is 0.109. The molecule has 0 spiro atoms. The molecule has 0 saturated carbocycles. The number of carbonyl (C=O) groups is 1. The quantitative estimate of drug-likeness (QED) is 0.669. The van der Waals surface area contributed by atoms with E-state index in [1.807, 2.05) is 17.5 Å². The molecule has 0 radical (unpaired) electrons. The minimum atomic E-state index is -0.306. The van der Waals surface area contributed by atoms with E-state index in [9.17, 15) is 9.18 Å². The van der Waals surface area contributed by atoms with Gasteiger partial charge in [0.2, 0.25) is 0 Å². The Morgan fingerprint density at radius 1 is 1.12 bits per heavy atom. The topological polar surface area (TPSA) is 47.6 Å². The Morgan fingerprint density at radius 2 is 1.96 bits per heavy atom. The van der Waals surface area contributed by atoms with E-state index in [0.29, 0.717) is 28.5 Å². The van der Waals surface area contributed by atoms with Crippen LogP contribution in [0.25, 0.3) is 0 Å². The van der Waals surface area contributed by atoms with Gasteiger partial charge in [-0.25, -0.2) is 4.39 Å². The van der Waals surface area contributed by atoms with Gasteiger partial charge in [-0.3, -0.25) is 4.79 Å². The monoisotopic (exact) mass is 371 g/mol. The first-order valence-electron chi connectivity index (χ1n) is 8.02. The first-order valence-corrected chi connectivity index (χ1v) is 8.90. The smallest absolute Gasteiger partial charge is 0.261 e. The van der Waals surface area contributed by atoms with Gasteiger partial charge in [0.15, 0.2) is 11.5 Å². The Labute approximate surface area is 155 Å². The number of methoxy groups -OCH3 is 1. The van der Waals surface area contributed by atoms with Gasteiger partial charge in [0, 0.05) is 12.1 Å². The van der Waals surface area contributed by atoms with Crippen LogP contribution in [-0.2, 0) is 13.2 Å². The van der Waals surface area contributed by atoms with E-state index in [-0.39, 0.29) is 18.3 Å². The van der Waals surface area contributed by atoms with Crippen molar-refractivity contribution in [2.24, 2.45) is 0 Å². The maximum Gasteiger partial charge on any atom is 0.261 e. The van der Waals surface area contributed by atoms with Gasteiger partial charge in [0.1, 0.15) is 12.4 Å². The zero-order chi connectivity index (χ0) is 18.4. The van der Waals surface area contributed by atoms with Crippen molar-refractivity contribution >= 4 is 17.2 Å². The lowest BCUT2D eigenvalue weighted by atomic mass is 10.2. The van der Waals surface area contributed by atoms with Crippen LogP contribution in [0.15, 0.2) is 60.0 Å². The molecule has 6 heteroatoms. The number of ether oxygens (including phenoxy) is 2. The summed E-state index contributed by atoms with van der Waals surface area (Å²) in [6.45, 7) is 0.484. The van der Waals surface area contributed by atoms with Gasteiger partial charge in [0.05, 0.1) is 12.0 Å². The van der Waals surface area contributed by atoms with Crippen LogP contribution >= 0.6 is 11.3 Å². The second kappa shape index (κ2) is 8.49. The number of amides is 1. The van der Waals surface area contributed by atoms with Crippen molar-refractivity contribution in [2.75, 3.05) is 7.11 Å². The number of carbonyl (C=O) groups excluding carboxylic acids is 1. The summed E-state index contributed by atoms with van der Waals surface area (Å²) in [5, 5.41) is 4.72. The number of halogens is 1. The highest BCUT2D eigenvalue weighted by molar-refractivity contribution is 7.12. The van der Waals surface area contributed by atoms with Gasteiger partial charge < -0.3 is 14.8 Å². The summed E-state index contributed by atoms with van der Waals surface area (Å²) in [7, 11) is 1.54. The summed E-state index contributed by atoms with van der Waals surface area (Å²) in [6, 6.07) is 15.5. The standard InChI is InChI=1S/C20H18FNO3S/c1-24-18-11-14(12-22-20(23)19-7-4-10-26-19)8-9-17(18)25-13-15-5-2-3-6-16(15)21/h2-11H,12-13H2,1H3,(H,22,23). The fourth-order valence-corrected chi connectivity index (χ4v) is 3.03. The van der Waals surface area contributed by atoms with E-state index in [1.165, 1.54) is 17.4 Å². The van der Waals surface area contributed by atoms with E-state index < -0.39 is 0 Å². The molecule has 3 aromatic rings. The second-order valence-electron chi connectivity index (χ2n) is 5.53. The number of hydrogen-bond donors (Lipinski definition) is 1. The Hall–Kier alpha value is -2.86. The van der Waals surface area contributed by atoms with Gasteiger partial charge in [0.25, 0.3) is 5.91 Å². The van der Waals surface area contributed by atoms with E-state index in [1.54, 1.807) is 43.5 Å². The molecule has 134 valence electrons. The van der Waals surface area contributed by atoms with Crippen LogP contribution in [0.5, 0.6) is 11.5 Å². The molecule has 0 bridgehead atoms. The molecule has 0 unspecified atom stereocenters.